The summed E-state index contributed by atoms with van der Waals surface area (Å²) < 4.78 is 1.61. The topological polar surface area (TPSA) is 76.9 Å². The minimum absolute atomic E-state index is 0.111. The molecular weight excluding hydrogens is 476 g/mol. The van der Waals surface area contributed by atoms with Crippen molar-refractivity contribution >= 4 is 50.8 Å². The summed E-state index contributed by atoms with van der Waals surface area (Å²) in [5.41, 5.74) is 2.45. The number of hydrogen-bond acceptors (Lipinski definition) is 6. The third-order valence-corrected chi connectivity index (χ3v) is 7.80. The van der Waals surface area contributed by atoms with Crippen molar-refractivity contribution in [3.63, 3.8) is 0 Å². The van der Waals surface area contributed by atoms with Gasteiger partial charge in [-0.05, 0) is 50.1 Å². The van der Waals surface area contributed by atoms with Crippen molar-refractivity contribution in [3.8, 4) is 0 Å². The Kier molecular flexibility index (Phi) is 7.17. The second-order valence-corrected chi connectivity index (χ2v) is 10.2. The first-order valence-electron chi connectivity index (χ1n) is 10.4. The van der Waals surface area contributed by atoms with Crippen LogP contribution in [-0.4, -0.2) is 26.2 Å². The van der Waals surface area contributed by atoms with Gasteiger partial charge in [-0.25, -0.2) is 4.98 Å². The number of halogens is 1. The maximum Gasteiger partial charge on any atom is 0.263 e. The van der Waals surface area contributed by atoms with E-state index in [4.69, 9.17) is 16.6 Å². The molecule has 4 rings (SSSR count). The maximum absolute atomic E-state index is 13.4. The van der Waals surface area contributed by atoms with Gasteiger partial charge in [0.25, 0.3) is 5.56 Å². The summed E-state index contributed by atoms with van der Waals surface area (Å²) in [4.78, 5) is 37.0. The minimum Gasteiger partial charge on any atom is -0.349 e. The van der Waals surface area contributed by atoms with Gasteiger partial charge in [-0.2, -0.15) is 0 Å². The Balaban J connectivity index is 1.59. The first kappa shape index (κ1) is 23.5. The molecule has 170 valence electrons. The van der Waals surface area contributed by atoms with Gasteiger partial charge in [0, 0.05) is 16.1 Å². The average Bonchev–Trinajstić information content (AvgIpc) is 3.08. The van der Waals surface area contributed by atoms with Crippen molar-refractivity contribution in [1.82, 2.24) is 19.9 Å². The lowest BCUT2D eigenvalue weighted by Crippen LogP contribution is -2.29. The molecule has 0 aliphatic heterocycles. The molecular formula is C24H23ClN4O2S2. The number of thioether (sulfide) groups is 1. The molecule has 0 fully saturated rings. The van der Waals surface area contributed by atoms with Gasteiger partial charge in [0.15, 0.2) is 5.16 Å². The molecule has 0 radical (unpaired) electrons. The SMILES string of the molecule is Cc1sc2nc(SCC(=O)NC(C)c3ccccc3Cl)n(Cc3ccccn3)c(=O)c2c1C. The average molecular weight is 499 g/mol. The lowest BCUT2D eigenvalue weighted by Gasteiger charge is -2.16. The fraction of sp³-hybridized carbons (Fsp3) is 0.250. The number of rotatable bonds is 7. The summed E-state index contributed by atoms with van der Waals surface area (Å²) in [6.07, 6.45) is 1.70. The van der Waals surface area contributed by atoms with Gasteiger partial charge in [-0.3, -0.25) is 19.1 Å². The molecule has 4 aromatic rings. The van der Waals surface area contributed by atoms with E-state index in [1.54, 1.807) is 16.8 Å². The highest BCUT2D eigenvalue weighted by molar-refractivity contribution is 7.99. The van der Waals surface area contributed by atoms with Crippen molar-refractivity contribution in [2.45, 2.75) is 38.5 Å². The Morgan fingerprint density at radius 3 is 2.70 bits per heavy atom. The van der Waals surface area contributed by atoms with E-state index in [0.717, 1.165) is 21.7 Å². The van der Waals surface area contributed by atoms with Crippen molar-refractivity contribution < 1.29 is 4.79 Å². The highest BCUT2D eigenvalue weighted by Crippen LogP contribution is 2.29. The second-order valence-electron chi connectivity index (χ2n) is 7.67. The molecule has 33 heavy (non-hydrogen) atoms. The number of aromatic nitrogens is 3. The number of aryl methyl sites for hydroxylation is 2. The molecule has 1 atom stereocenters. The van der Waals surface area contributed by atoms with Crippen molar-refractivity contribution in [1.29, 1.82) is 0 Å². The monoisotopic (exact) mass is 498 g/mol. The van der Waals surface area contributed by atoms with E-state index in [-0.39, 0.29) is 29.8 Å². The van der Waals surface area contributed by atoms with Gasteiger partial charge in [0.05, 0.1) is 29.4 Å². The number of nitrogens with zero attached hydrogens (tertiary/aromatic N) is 3. The fourth-order valence-electron chi connectivity index (χ4n) is 3.53. The molecule has 0 bridgehead atoms. The molecule has 0 aliphatic rings. The number of amides is 1. The van der Waals surface area contributed by atoms with E-state index in [0.29, 0.717) is 20.4 Å². The van der Waals surface area contributed by atoms with Gasteiger partial charge in [-0.15, -0.1) is 11.3 Å². The summed E-state index contributed by atoms with van der Waals surface area (Å²) >= 11 is 8.99. The van der Waals surface area contributed by atoms with Crippen molar-refractivity contribution in [3.05, 3.63) is 85.7 Å². The highest BCUT2D eigenvalue weighted by Gasteiger charge is 2.19. The zero-order chi connectivity index (χ0) is 23.5. The number of carbonyl (C=O) groups excluding carboxylic acids is 1. The molecule has 0 saturated carbocycles. The second kappa shape index (κ2) is 10.1. The predicted octanol–water partition coefficient (Wildman–Crippen LogP) is 5.14. The summed E-state index contributed by atoms with van der Waals surface area (Å²) in [6.45, 7) is 6.11. The van der Waals surface area contributed by atoms with Gasteiger partial charge in [0.2, 0.25) is 5.91 Å². The van der Waals surface area contributed by atoms with E-state index in [1.165, 1.54) is 23.1 Å². The minimum atomic E-state index is -0.236. The smallest absolute Gasteiger partial charge is 0.263 e. The maximum atomic E-state index is 13.4. The molecule has 0 saturated heterocycles. The van der Waals surface area contributed by atoms with E-state index >= 15 is 0 Å². The molecule has 1 amide bonds. The van der Waals surface area contributed by atoms with Crippen LogP contribution in [0.25, 0.3) is 10.2 Å². The molecule has 1 N–H and O–H groups in total. The van der Waals surface area contributed by atoms with Crippen LogP contribution < -0.4 is 10.9 Å². The molecule has 1 unspecified atom stereocenters. The van der Waals surface area contributed by atoms with E-state index in [2.05, 4.69) is 10.3 Å². The quantitative estimate of drug-likeness (QED) is 0.282. The number of nitrogens with one attached hydrogen (secondary N) is 1. The number of carbonyl (C=O) groups is 1. The summed E-state index contributed by atoms with van der Waals surface area (Å²) in [5, 5.41) is 4.72. The van der Waals surface area contributed by atoms with Crippen molar-refractivity contribution in [2.24, 2.45) is 0 Å². The van der Waals surface area contributed by atoms with Gasteiger partial charge in [0.1, 0.15) is 4.83 Å². The van der Waals surface area contributed by atoms with Crippen molar-refractivity contribution in [2.75, 3.05) is 5.75 Å². The molecule has 0 spiro atoms. The summed E-state index contributed by atoms with van der Waals surface area (Å²) in [6, 6.07) is 12.8. The Hall–Kier alpha value is -2.68. The van der Waals surface area contributed by atoms with Crippen LogP contribution in [0.2, 0.25) is 5.02 Å². The Bertz CT molecular complexity index is 1370. The van der Waals surface area contributed by atoms with Crippen LogP contribution >= 0.6 is 34.7 Å². The largest absolute Gasteiger partial charge is 0.349 e. The molecule has 1 aromatic carbocycles. The molecule has 3 aromatic heterocycles. The number of pyridine rings is 1. The van der Waals surface area contributed by atoms with Crippen LogP contribution in [0.1, 0.15) is 34.7 Å². The number of thiophene rings is 1. The molecule has 9 heteroatoms. The lowest BCUT2D eigenvalue weighted by atomic mass is 10.1. The van der Waals surface area contributed by atoms with Crippen LogP contribution in [0, 0.1) is 13.8 Å². The van der Waals surface area contributed by atoms with Crippen LogP contribution in [0.5, 0.6) is 0 Å². The van der Waals surface area contributed by atoms with Gasteiger partial charge < -0.3 is 5.32 Å². The molecule has 3 heterocycles. The molecule has 0 aliphatic carbocycles. The normalized spacial score (nSPS) is 12.1. The van der Waals surface area contributed by atoms with Gasteiger partial charge in [-0.1, -0.05) is 47.6 Å². The number of fused-ring (bicyclic) bond motifs is 1. The Morgan fingerprint density at radius 2 is 1.97 bits per heavy atom. The van der Waals surface area contributed by atoms with Crippen LogP contribution in [0.4, 0.5) is 0 Å². The fourth-order valence-corrected chi connectivity index (χ4v) is 5.71. The Morgan fingerprint density at radius 1 is 1.21 bits per heavy atom. The van der Waals surface area contributed by atoms with Crippen LogP contribution in [0.15, 0.2) is 58.6 Å². The van der Waals surface area contributed by atoms with E-state index < -0.39 is 0 Å². The zero-order valence-corrected chi connectivity index (χ0v) is 20.9. The van der Waals surface area contributed by atoms with Gasteiger partial charge >= 0.3 is 0 Å². The first-order valence-corrected chi connectivity index (χ1v) is 12.6. The predicted molar refractivity (Wildman–Crippen MR) is 135 cm³/mol. The third kappa shape index (κ3) is 5.13. The summed E-state index contributed by atoms with van der Waals surface area (Å²) in [7, 11) is 0. The zero-order valence-electron chi connectivity index (χ0n) is 18.5. The highest BCUT2D eigenvalue weighted by atomic mass is 35.5. The lowest BCUT2D eigenvalue weighted by molar-refractivity contribution is -0.119. The third-order valence-electron chi connectivity index (χ3n) is 5.38. The summed E-state index contributed by atoms with van der Waals surface area (Å²) in [5.74, 6) is -0.0390. The first-order chi connectivity index (χ1) is 15.8. The van der Waals surface area contributed by atoms with E-state index in [1.807, 2.05) is 57.2 Å². The van der Waals surface area contributed by atoms with Crippen LogP contribution in [-0.2, 0) is 11.3 Å². The van der Waals surface area contributed by atoms with E-state index in [9.17, 15) is 9.59 Å². The van der Waals surface area contributed by atoms with Crippen LogP contribution in [0.3, 0.4) is 0 Å². The number of hydrogen-bond donors (Lipinski definition) is 1. The number of benzene rings is 1. The molecule has 6 nitrogen and oxygen atoms in total. The standard InChI is InChI=1S/C24H23ClN4O2S2/c1-14-16(3)33-22-21(14)23(31)29(12-17-8-6-7-11-26-17)24(28-22)32-13-20(30)27-15(2)18-9-4-5-10-19(18)25/h4-11,15H,12-13H2,1-3H3,(H,27,30). The Labute approximate surface area is 205 Å².